The van der Waals surface area contributed by atoms with Crippen molar-refractivity contribution in [2.24, 2.45) is 10.2 Å². The van der Waals surface area contributed by atoms with E-state index in [0.29, 0.717) is 0 Å². The maximum atomic E-state index is 3.92. The van der Waals surface area contributed by atoms with E-state index in [-0.39, 0.29) is 35.6 Å². The van der Waals surface area contributed by atoms with Gasteiger partial charge < -0.3 is 5.48 Å². The van der Waals surface area contributed by atoms with Crippen molar-refractivity contribution in [3.8, 4) is 0 Å². The van der Waals surface area contributed by atoms with Crippen molar-refractivity contribution in [3.63, 3.8) is 0 Å². The monoisotopic (exact) mass is 763 g/mol. The van der Waals surface area contributed by atoms with Crippen LogP contribution < -0.4 is 31.1 Å². The number of aromatic amines is 2. The topological polar surface area (TPSA) is 176 Å². The molecule has 5 aromatic carbocycles. The van der Waals surface area contributed by atoms with Crippen LogP contribution in [-0.4, -0.2) is 56.1 Å². The third kappa shape index (κ3) is 8.43. The normalized spacial score (nSPS) is 13.1. The second-order valence-corrected chi connectivity index (χ2v) is 12.1. The molecule has 0 fully saturated rings. The molecule has 15 nitrogen and oxygen atoms in total. The van der Waals surface area contributed by atoms with E-state index in [1.165, 1.54) is 16.9 Å². The van der Waals surface area contributed by atoms with E-state index in [9.17, 15) is 0 Å². The Morgan fingerprint density at radius 1 is 0.528 bits per heavy atom. The molecule has 2 aromatic heterocycles. The van der Waals surface area contributed by atoms with E-state index < -0.39 is 0 Å². The number of aromatic nitrogens is 6. The van der Waals surface area contributed by atoms with Gasteiger partial charge in [0.05, 0.1) is 35.0 Å². The molecule has 0 saturated carbocycles. The molecular formula is C37H44CuN14O. The Morgan fingerprint density at radius 3 is 1.30 bits per heavy atom. The second-order valence-electron chi connectivity index (χ2n) is 12.1. The molecule has 3 aliphatic rings. The first kappa shape index (κ1) is 39.9. The summed E-state index contributed by atoms with van der Waals surface area (Å²) in [5.74, 6) is 0. The van der Waals surface area contributed by atoms with Crippen LogP contribution in [0.4, 0.5) is 28.4 Å². The van der Waals surface area contributed by atoms with Crippen LogP contribution in [0.5, 0.6) is 0 Å². The Hall–Kier alpha value is -5.90. The molecule has 0 amide bonds. The zero-order valence-corrected chi connectivity index (χ0v) is 30.0. The Morgan fingerprint density at radius 2 is 0.887 bits per heavy atom. The molecule has 53 heavy (non-hydrogen) atoms. The third-order valence-electron chi connectivity index (χ3n) is 8.42. The number of rotatable bonds is 2. The molecule has 7 aromatic rings. The Kier molecular flexibility index (Phi) is 13.2. The predicted octanol–water partition coefficient (Wildman–Crippen LogP) is 6.48. The third-order valence-corrected chi connectivity index (χ3v) is 8.42. The molecule has 10 rings (SSSR count). The van der Waals surface area contributed by atoms with Gasteiger partial charge in [0.15, 0.2) is 0 Å². The van der Waals surface area contributed by atoms with Gasteiger partial charge in [-0.15, -0.1) is 11.1 Å². The molecule has 0 saturated heterocycles. The Labute approximate surface area is 318 Å². The number of hydrazine groups is 4. The van der Waals surface area contributed by atoms with Crippen LogP contribution in [0.2, 0.25) is 0 Å². The summed E-state index contributed by atoms with van der Waals surface area (Å²) in [6.07, 6.45) is 0. The van der Waals surface area contributed by atoms with Gasteiger partial charge in [-0.05, 0) is 68.4 Å². The van der Waals surface area contributed by atoms with Gasteiger partial charge in [-0.1, -0.05) is 74.2 Å². The smallest absolute Gasteiger partial charge is 0.140 e. The fourth-order valence-corrected chi connectivity index (χ4v) is 5.83. The zero-order valence-electron chi connectivity index (χ0n) is 29.0. The Bertz CT molecular complexity index is 2050. The minimum Gasteiger partial charge on any atom is -0.412 e. The number of anilines is 4. The van der Waals surface area contributed by atoms with E-state index >= 15 is 0 Å². The molecule has 1 radical (unpaired) electrons. The zero-order chi connectivity index (χ0) is 34.5. The van der Waals surface area contributed by atoms with Gasteiger partial charge in [0.1, 0.15) is 27.7 Å². The number of H-pyrrole nitrogens is 2. The number of nitrogens with one attached hydrogen (secondary N) is 4. The quantitative estimate of drug-likeness (QED) is 0.143. The summed E-state index contributed by atoms with van der Waals surface area (Å²) in [5.41, 5.74) is 17.1. The van der Waals surface area contributed by atoms with Gasteiger partial charge in [-0.25, -0.2) is 0 Å². The van der Waals surface area contributed by atoms with E-state index in [0.717, 1.165) is 45.7 Å². The minimum absolute atomic E-state index is 0. The van der Waals surface area contributed by atoms with Gasteiger partial charge in [-0.2, -0.15) is 41.0 Å². The molecule has 0 atom stereocenters. The molecule has 0 bridgehead atoms. The average Bonchev–Trinajstić information content (AvgIpc) is 4.00. The van der Waals surface area contributed by atoms with Gasteiger partial charge in [0.2, 0.25) is 0 Å². The van der Waals surface area contributed by atoms with Crippen molar-refractivity contribution >= 4 is 50.5 Å². The maximum Gasteiger partial charge on any atom is 0.140 e. The SMILES string of the molecule is C.CN1NN(C(C)(C)N2NN(C)c3ccccc32)c2ccccc21.O.[Cu].c1ccc2c(c1)CN=N2.c1ccc2n[nH]nc2c1.c1ccc2n[nH]nc2c1. The first-order valence-electron chi connectivity index (χ1n) is 16.1. The molecule has 0 spiro atoms. The molecule has 0 aliphatic carbocycles. The summed E-state index contributed by atoms with van der Waals surface area (Å²) in [4.78, 5) is 0. The number of hydrogen-bond donors (Lipinski definition) is 4. The fraction of sp³-hybridized carbons (Fsp3) is 0.189. The van der Waals surface area contributed by atoms with E-state index in [1.807, 2.05) is 90.8 Å². The minimum atomic E-state index is -0.332. The van der Waals surface area contributed by atoms with Crippen molar-refractivity contribution < 1.29 is 22.5 Å². The van der Waals surface area contributed by atoms with Crippen LogP contribution in [0.15, 0.2) is 132 Å². The van der Waals surface area contributed by atoms with Crippen LogP contribution in [0.3, 0.4) is 0 Å². The number of para-hydroxylation sites is 8. The van der Waals surface area contributed by atoms with Crippen molar-refractivity contribution in [2.75, 3.05) is 34.1 Å². The van der Waals surface area contributed by atoms with E-state index in [1.54, 1.807) is 0 Å². The van der Waals surface area contributed by atoms with Crippen LogP contribution >= 0.6 is 0 Å². The molecule has 5 heterocycles. The van der Waals surface area contributed by atoms with Crippen molar-refractivity contribution in [3.05, 3.63) is 127 Å². The number of benzene rings is 5. The first-order valence-corrected chi connectivity index (χ1v) is 16.1. The molecular weight excluding hydrogens is 720 g/mol. The van der Waals surface area contributed by atoms with Crippen molar-refractivity contribution in [1.82, 2.24) is 41.9 Å². The maximum absolute atomic E-state index is 3.92. The van der Waals surface area contributed by atoms with E-state index in [2.05, 4.69) is 131 Å². The van der Waals surface area contributed by atoms with Gasteiger partial charge in [0.25, 0.3) is 0 Å². The number of azo groups is 1. The largest absolute Gasteiger partial charge is 0.412 e. The molecule has 279 valence electrons. The van der Waals surface area contributed by atoms with Gasteiger partial charge in [-0.3, -0.25) is 20.0 Å². The van der Waals surface area contributed by atoms with Crippen molar-refractivity contribution in [2.45, 2.75) is 33.5 Å². The summed E-state index contributed by atoms with van der Waals surface area (Å²) in [6.45, 7) is 5.15. The van der Waals surface area contributed by atoms with Crippen LogP contribution in [-0.2, 0) is 23.6 Å². The summed E-state index contributed by atoms with van der Waals surface area (Å²) in [7, 11) is 4.07. The van der Waals surface area contributed by atoms with Gasteiger partial charge >= 0.3 is 0 Å². The second kappa shape index (κ2) is 17.5. The average molecular weight is 764 g/mol. The number of fused-ring (bicyclic) bond motifs is 5. The van der Waals surface area contributed by atoms with Crippen molar-refractivity contribution in [1.29, 1.82) is 0 Å². The fourth-order valence-electron chi connectivity index (χ4n) is 5.83. The Balaban J connectivity index is 0.000000173. The first-order chi connectivity index (χ1) is 24.4. The molecule has 6 N–H and O–H groups in total. The van der Waals surface area contributed by atoms with Crippen LogP contribution in [0.25, 0.3) is 22.1 Å². The van der Waals surface area contributed by atoms with Crippen LogP contribution in [0.1, 0.15) is 26.8 Å². The summed E-state index contributed by atoms with van der Waals surface area (Å²) >= 11 is 0. The molecule has 3 aliphatic heterocycles. The van der Waals surface area contributed by atoms with Gasteiger partial charge in [0, 0.05) is 36.7 Å². The van der Waals surface area contributed by atoms with E-state index in [4.69, 9.17) is 0 Å². The number of nitrogens with zero attached hydrogens (tertiary/aromatic N) is 10. The number of hydrogen-bond acceptors (Lipinski definition) is 12. The summed E-state index contributed by atoms with van der Waals surface area (Å²) in [6, 6.07) is 40.2. The predicted molar refractivity (Wildman–Crippen MR) is 208 cm³/mol. The van der Waals surface area contributed by atoms with Crippen LogP contribution in [0, 0.1) is 0 Å². The summed E-state index contributed by atoms with van der Waals surface area (Å²) in [5, 5.41) is 36.9. The summed E-state index contributed by atoms with van der Waals surface area (Å²) < 4.78 is 0. The molecule has 16 heteroatoms. The molecule has 0 unspecified atom stereocenters. The standard InChI is InChI=1S/C17H22N6.C7H6N2.2C6H5N3.CH4.Cu.H2O/c1-17(2,22-15-11-7-5-9-13(15)20(3)18-22)23-16-12-8-6-10-14(16)21(4)19-23;1-2-4-7-6(3-1)5-8-9-7;2*1-2-4-6-5(3-1)7-9-8-6;;;/h5-12,18-19H,1-4H3;1-4H,5H2;2*1-4H,(H,7,8,9);1H4;;1H2.